The molecule has 16 heavy (non-hydrogen) atoms. The zero-order valence-electron chi connectivity index (χ0n) is 8.47. The van der Waals surface area contributed by atoms with Crippen molar-refractivity contribution in [2.75, 3.05) is 0 Å². The third kappa shape index (κ3) is 2.70. The Balaban J connectivity index is 2.28. The number of hydrogen-bond donors (Lipinski definition) is 1. The molecule has 0 saturated carbocycles. The molecule has 0 unspecified atom stereocenters. The maximum Gasteiger partial charge on any atom is 0.124 e. The van der Waals surface area contributed by atoms with E-state index >= 15 is 0 Å². The summed E-state index contributed by atoms with van der Waals surface area (Å²) >= 11 is 3.35. The van der Waals surface area contributed by atoms with Crippen LogP contribution in [0.2, 0.25) is 0 Å². The quantitative estimate of drug-likeness (QED) is 0.844. The minimum Gasteiger partial charge on any atom is -0.507 e. The molecule has 0 fully saturated rings. The van der Waals surface area contributed by atoms with E-state index in [0.717, 1.165) is 15.7 Å². The molecule has 2 rings (SSSR count). The third-order valence-corrected chi connectivity index (χ3v) is 2.64. The van der Waals surface area contributed by atoms with E-state index in [1.807, 2.05) is 42.5 Å². The van der Waals surface area contributed by atoms with Gasteiger partial charge in [-0.1, -0.05) is 34.1 Å². The average molecular weight is 276 g/mol. The van der Waals surface area contributed by atoms with Gasteiger partial charge < -0.3 is 5.11 Å². The van der Waals surface area contributed by atoms with Gasteiger partial charge in [-0.15, -0.1) is 0 Å². The van der Waals surface area contributed by atoms with Crippen molar-refractivity contribution in [3.8, 4) is 0 Å². The molecular weight excluding hydrogens is 266 g/mol. The molecular formula is C13H10BrNO. The maximum absolute atomic E-state index is 9.87. The van der Waals surface area contributed by atoms with Crippen LogP contribution in [0.3, 0.4) is 0 Å². The number of aliphatic hydroxyl groups excluding tert-OH is 1. The summed E-state index contributed by atoms with van der Waals surface area (Å²) in [7, 11) is 0. The van der Waals surface area contributed by atoms with Gasteiger partial charge >= 0.3 is 0 Å². The van der Waals surface area contributed by atoms with E-state index in [1.54, 1.807) is 12.3 Å². The fourth-order valence-corrected chi connectivity index (χ4v) is 1.57. The van der Waals surface area contributed by atoms with Gasteiger partial charge in [-0.05, 0) is 24.3 Å². The molecule has 0 amide bonds. The molecule has 1 aromatic heterocycles. The fraction of sp³-hybridized carbons (Fsp3) is 0. The molecule has 1 aromatic carbocycles. The average Bonchev–Trinajstić information content (AvgIpc) is 2.31. The lowest BCUT2D eigenvalue weighted by atomic mass is 10.1. The van der Waals surface area contributed by atoms with Crippen LogP contribution in [-0.2, 0) is 0 Å². The third-order valence-electron chi connectivity index (χ3n) is 2.11. The lowest BCUT2D eigenvalue weighted by Crippen LogP contribution is -1.84. The number of nitrogens with zero attached hydrogens (tertiary/aromatic N) is 1. The second-order valence-electron chi connectivity index (χ2n) is 3.29. The highest BCUT2D eigenvalue weighted by Gasteiger charge is 1.99. The first-order chi connectivity index (χ1) is 7.75. The zero-order valence-corrected chi connectivity index (χ0v) is 10.1. The van der Waals surface area contributed by atoms with Crippen molar-refractivity contribution in [3.63, 3.8) is 0 Å². The van der Waals surface area contributed by atoms with Gasteiger partial charge in [0.1, 0.15) is 5.76 Å². The monoisotopic (exact) mass is 275 g/mol. The summed E-state index contributed by atoms with van der Waals surface area (Å²) in [6.07, 6.45) is 3.34. The first kappa shape index (κ1) is 10.9. The van der Waals surface area contributed by atoms with Gasteiger partial charge in [-0.25, -0.2) is 0 Å². The molecule has 0 spiro atoms. The minimum absolute atomic E-state index is 0.214. The maximum atomic E-state index is 9.87. The highest BCUT2D eigenvalue weighted by molar-refractivity contribution is 9.10. The summed E-state index contributed by atoms with van der Waals surface area (Å²) in [6, 6.07) is 13.0. The second kappa shape index (κ2) is 4.94. The van der Waals surface area contributed by atoms with Crippen molar-refractivity contribution in [1.82, 2.24) is 4.98 Å². The molecule has 80 valence electrons. The number of aliphatic hydroxyl groups is 1. The van der Waals surface area contributed by atoms with Crippen LogP contribution in [0.4, 0.5) is 0 Å². The van der Waals surface area contributed by atoms with E-state index < -0.39 is 0 Å². The number of hydrogen-bond acceptors (Lipinski definition) is 2. The number of halogens is 1. The molecule has 0 aliphatic rings. The summed E-state index contributed by atoms with van der Waals surface area (Å²) in [4.78, 5) is 4.12. The summed E-state index contributed by atoms with van der Waals surface area (Å²) < 4.78 is 0.988. The molecule has 0 aliphatic carbocycles. The smallest absolute Gasteiger partial charge is 0.124 e. The zero-order chi connectivity index (χ0) is 11.4. The Bertz CT molecular complexity index is 491. The lowest BCUT2D eigenvalue weighted by molar-refractivity contribution is 0.515. The van der Waals surface area contributed by atoms with Crippen LogP contribution >= 0.6 is 15.9 Å². The molecule has 3 heteroatoms. The van der Waals surface area contributed by atoms with Gasteiger partial charge in [-0.3, -0.25) is 4.98 Å². The summed E-state index contributed by atoms with van der Waals surface area (Å²) in [6.45, 7) is 0. The van der Waals surface area contributed by atoms with Crippen molar-refractivity contribution in [1.29, 1.82) is 0 Å². The van der Waals surface area contributed by atoms with Crippen LogP contribution in [0, 0.1) is 0 Å². The summed E-state index contributed by atoms with van der Waals surface area (Å²) in [5.41, 5.74) is 1.51. The van der Waals surface area contributed by atoms with Crippen molar-refractivity contribution in [2.24, 2.45) is 0 Å². The summed E-state index contributed by atoms with van der Waals surface area (Å²) in [5.74, 6) is 0.214. The molecule has 0 bridgehead atoms. The van der Waals surface area contributed by atoms with Crippen LogP contribution in [0.1, 0.15) is 11.3 Å². The van der Waals surface area contributed by atoms with Crippen molar-refractivity contribution < 1.29 is 5.11 Å². The normalized spacial score (nSPS) is 11.4. The van der Waals surface area contributed by atoms with Gasteiger partial charge in [0.15, 0.2) is 0 Å². The van der Waals surface area contributed by atoms with Gasteiger partial charge in [0.25, 0.3) is 0 Å². The molecule has 0 saturated heterocycles. The standard InChI is InChI=1S/C13H10BrNO/c14-11-6-4-10(5-7-11)13(16)9-12-3-1-2-8-15-12/h1-9,16H/b13-9-. The van der Waals surface area contributed by atoms with E-state index in [9.17, 15) is 5.11 Å². The van der Waals surface area contributed by atoms with Gasteiger partial charge in [0, 0.05) is 22.3 Å². The van der Waals surface area contributed by atoms with E-state index in [4.69, 9.17) is 0 Å². The Morgan fingerprint density at radius 3 is 2.50 bits per heavy atom. The Morgan fingerprint density at radius 2 is 1.88 bits per heavy atom. The Hall–Kier alpha value is -1.61. The lowest BCUT2D eigenvalue weighted by Gasteiger charge is -2.00. The first-order valence-electron chi connectivity index (χ1n) is 4.83. The van der Waals surface area contributed by atoms with Gasteiger partial charge in [0.05, 0.1) is 5.69 Å². The van der Waals surface area contributed by atoms with Crippen molar-refractivity contribution in [3.05, 3.63) is 64.4 Å². The Kier molecular flexibility index (Phi) is 3.37. The van der Waals surface area contributed by atoms with Crippen LogP contribution < -0.4 is 0 Å². The van der Waals surface area contributed by atoms with Crippen molar-refractivity contribution in [2.45, 2.75) is 0 Å². The number of aromatic nitrogens is 1. The molecule has 0 radical (unpaired) electrons. The number of benzene rings is 1. The fourth-order valence-electron chi connectivity index (χ4n) is 1.31. The van der Waals surface area contributed by atoms with Crippen LogP contribution in [0.15, 0.2) is 53.1 Å². The highest BCUT2D eigenvalue weighted by atomic mass is 79.9. The largest absolute Gasteiger partial charge is 0.507 e. The molecule has 0 aliphatic heterocycles. The van der Waals surface area contributed by atoms with Crippen LogP contribution in [-0.4, -0.2) is 10.1 Å². The molecule has 2 aromatic rings. The van der Waals surface area contributed by atoms with Crippen LogP contribution in [0.25, 0.3) is 11.8 Å². The molecule has 2 nitrogen and oxygen atoms in total. The number of pyridine rings is 1. The SMILES string of the molecule is O/C(=C\c1ccccn1)c1ccc(Br)cc1. The van der Waals surface area contributed by atoms with E-state index in [-0.39, 0.29) is 5.76 Å². The highest BCUT2D eigenvalue weighted by Crippen LogP contribution is 2.17. The van der Waals surface area contributed by atoms with E-state index in [0.29, 0.717) is 0 Å². The van der Waals surface area contributed by atoms with Gasteiger partial charge in [0.2, 0.25) is 0 Å². The summed E-state index contributed by atoms with van der Waals surface area (Å²) in [5, 5.41) is 9.87. The predicted molar refractivity (Wildman–Crippen MR) is 68.9 cm³/mol. The van der Waals surface area contributed by atoms with E-state index in [2.05, 4.69) is 20.9 Å². The molecule has 1 heterocycles. The second-order valence-corrected chi connectivity index (χ2v) is 4.21. The number of rotatable bonds is 2. The molecule has 1 N–H and O–H groups in total. The Morgan fingerprint density at radius 1 is 1.12 bits per heavy atom. The predicted octanol–water partition coefficient (Wildman–Crippen LogP) is 3.90. The topological polar surface area (TPSA) is 33.1 Å². The van der Waals surface area contributed by atoms with E-state index in [1.165, 1.54) is 0 Å². The first-order valence-corrected chi connectivity index (χ1v) is 5.62. The van der Waals surface area contributed by atoms with Gasteiger partial charge in [-0.2, -0.15) is 0 Å². The van der Waals surface area contributed by atoms with Crippen molar-refractivity contribution >= 4 is 27.8 Å². The Labute approximate surface area is 102 Å². The van der Waals surface area contributed by atoms with Crippen LogP contribution in [0.5, 0.6) is 0 Å². The minimum atomic E-state index is 0.214. The molecule has 0 atom stereocenters.